The van der Waals surface area contributed by atoms with Crippen molar-refractivity contribution in [3.05, 3.63) is 47.7 Å². The van der Waals surface area contributed by atoms with Crippen molar-refractivity contribution in [2.75, 3.05) is 24.7 Å². The van der Waals surface area contributed by atoms with Crippen molar-refractivity contribution in [1.29, 1.82) is 0 Å². The van der Waals surface area contributed by atoms with E-state index in [1.807, 2.05) is 12.1 Å². The Morgan fingerprint density at radius 1 is 0.873 bits per heavy atom. The van der Waals surface area contributed by atoms with Crippen LogP contribution in [0.4, 0.5) is 0 Å². The number of aliphatic hydroxyl groups is 1. The summed E-state index contributed by atoms with van der Waals surface area (Å²) in [5.41, 5.74) is 1.95. The fourth-order valence-electron chi connectivity index (χ4n) is 14.9. The maximum Gasteiger partial charge on any atom is 0.313 e. The number of ether oxygens (including phenoxy) is 1. The number of pyridine rings is 1. The predicted octanol–water partition coefficient (Wildman–Crippen LogP) is 8.71. The number of hydrogen-bond donors (Lipinski definition) is 3. The van der Waals surface area contributed by atoms with Gasteiger partial charge >= 0.3 is 5.97 Å². The maximum absolute atomic E-state index is 12.7. The largest absolute Gasteiger partial charge is 0.481 e. The highest BCUT2D eigenvalue weighted by Crippen LogP contribution is 2.76. The standard InChI is InChI=1S/C46H68N2O6S/c1-40(2)33(32-13-20-44(21-14-32,39(49)50)31-54-38-10-6-7-27-47-38)15-18-41(3)36(40)16-19-43(5)37(41)12-11-34-35-9-8-17-46(35,23-22-42(34,43)4)48-28-24-45(51)25-29-55(52,53)30-26-45/h6-7,10,13,15,27,34-37,48,51H,8-9,11-12,14,16-26,28-31H2,1-5H3,(H,49,50)/t34-,35-,36?,37?,41+,42-,43-,44?,46+/m1/s1. The minimum absolute atomic E-state index is 0.00920. The first-order chi connectivity index (χ1) is 25.9. The second kappa shape index (κ2) is 13.7. The molecule has 55 heavy (non-hydrogen) atoms. The lowest BCUT2D eigenvalue weighted by Crippen LogP contribution is -2.67. The van der Waals surface area contributed by atoms with Gasteiger partial charge < -0.3 is 20.3 Å². The van der Waals surface area contributed by atoms with Crippen LogP contribution in [0.25, 0.3) is 0 Å². The number of fused-ring (bicyclic) bond motifs is 7. The van der Waals surface area contributed by atoms with E-state index in [1.165, 1.54) is 68.9 Å². The number of allylic oxidation sites excluding steroid dienone is 4. The zero-order valence-corrected chi connectivity index (χ0v) is 35.1. The molecule has 1 aromatic heterocycles. The molecule has 0 amide bonds. The number of aromatic nitrogens is 1. The van der Waals surface area contributed by atoms with Crippen LogP contribution in [0.3, 0.4) is 0 Å². The second-order valence-electron chi connectivity index (χ2n) is 20.9. The highest BCUT2D eigenvalue weighted by atomic mass is 32.2. The molecule has 3 N–H and O–H groups in total. The van der Waals surface area contributed by atoms with Gasteiger partial charge in [0.15, 0.2) is 9.84 Å². The lowest BCUT2D eigenvalue weighted by atomic mass is 9.33. The van der Waals surface area contributed by atoms with E-state index in [2.05, 4.69) is 57.1 Å². The predicted molar refractivity (Wildman–Crippen MR) is 216 cm³/mol. The molecule has 1 aliphatic heterocycles. The molecule has 1 saturated heterocycles. The van der Waals surface area contributed by atoms with E-state index < -0.39 is 26.8 Å². The van der Waals surface area contributed by atoms with E-state index >= 15 is 0 Å². The van der Waals surface area contributed by atoms with Gasteiger partial charge in [-0.15, -0.1) is 0 Å². The maximum atomic E-state index is 12.7. The fourth-order valence-corrected chi connectivity index (χ4v) is 16.5. The third-order valence-electron chi connectivity index (χ3n) is 18.3. The van der Waals surface area contributed by atoms with Gasteiger partial charge in [0.2, 0.25) is 5.88 Å². The Labute approximate surface area is 330 Å². The van der Waals surface area contributed by atoms with Crippen molar-refractivity contribution >= 4 is 15.8 Å². The normalized spacial score (nSPS) is 42.7. The molecule has 0 spiro atoms. The summed E-state index contributed by atoms with van der Waals surface area (Å²) in [6, 6.07) is 5.48. The van der Waals surface area contributed by atoms with E-state index in [4.69, 9.17) is 4.74 Å². The Morgan fingerprint density at radius 2 is 1.65 bits per heavy atom. The van der Waals surface area contributed by atoms with Gasteiger partial charge in [-0.2, -0.15) is 0 Å². The second-order valence-corrected chi connectivity index (χ2v) is 23.2. The SMILES string of the molecule is CC1(C)C(C2=CCC(COc3ccccn3)(C(=O)O)CC2)=CC[C@@]2(C)C1CC[C@]1(C)C2CC[C@@H]2[C@H]3CCC[C@]3(NCCC3(O)CCS(=O)(=O)CC3)CC[C@]21C. The Kier molecular flexibility index (Phi) is 9.85. The monoisotopic (exact) mass is 776 g/mol. The van der Waals surface area contributed by atoms with Crippen LogP contribution in [0.2, 0.25) is 0 Å². The first-order valence-corrected chi connectivity index (χ1v) is 23.6. The van der Waals surface area contributed by atoms with Gasteiger partial charge in [-0.1, -0.05) is 59.3 Å². The summed E-state index contributed by atoms with van der Waals surface area (Å²) in [6.07, 6.45) is 22.1. The van der Waals surface area contributed by atoms with Crippen LogP contribution >= 0.6 is 0 Å². The summed E-state index contributed by atoms with van der Waals surface area (Å²) in [7, 11) is -3.00. The topological polar surface area (TPSA) is 126 Å². The van der Waals surface area contributed by atoms with E-state index in [-0.39, 0.29) is 45.3 Å². The first-order valence-electron chi connectivity index (χ1n) is 21.8. The van der Waals surface area contributed by atoms with Gasteiger partial charge in [0.25, 0.3) is 0 Å². The molecular formula is C46H68N2O6S. The zero-order valence-electron chi connectivity index (χ0n) is 34.3. The first kappa shape index (κ1) is 39.6. The van der Waals surface area contributed by atoms with Crippen LogP contribution < -0.4 is 10.1 Å². The highest BCUT2D eigenvalue weighted by Gasteiger charge is 2.69. The summed E-state index contributed by atoms with van der Waals surface area (Å²) in [4.78, 5) is 16.9. The van der Waals surface area contributed by atoms with Gasteiger partial charge in [0, 0.05) is 17.8 Å². The number of aliphatic carboxylic acids is 1. The summed E-state index contributed by atoms with van der Waals surface area (Å²) < 4.78 is 30.0. The molecule has 8 nitrogen and oxygen atoms in total. The number of carbonyl (C=O) groups is 1. The molecule has 3 unspecified atom stereocenters. The average molecular weight is 777 g/mol. The summed E-state index contributed by atoms with van der Waals surface area (Å²) in [5.74, 6) is 2.52. The van der Waals surface area contributed by atoms with Gasteiger partial charge in [0.05, 0.1) is 17.1 Å². The van der Waals surface area contributed by atoms with Crippen LogP contribution in [0, 0.1) is 50.7 Å². The highest BCUT2D eigenvalue weighted by molar-refractivity contribution is 7.91. The Hall–Kier alpha value is -2.23. The molecule has 2 heterocycles. The number of sulfone groups is 1. The minimum Gasteiger partial charge on any atom is -0.481 e. The van der Waals surface area contributed by atoms with Gasteiger partial charge in [-0.25, -0.2) is 13.4 Å². The third kappa shape index (κ3) is 6.38. The van der Waals surface area contributed by atoms with Crippen molar-refractivity contribution in [2.45, 2.75) is 148 Å². The molecule has 9 atom stereocenters. The lowest BCUT2D eigenvalue weighted by Gasteiger charge is -2.72. The molecule has 304 valence electrons. The van der Waals surface area contributed by atoms with Crippen LogP contribution in [-0.2, 0) is 14.6 Å². The molecule has 0 aromatic carbocycles. The summed E-state index contributed by atoms with van der Waals surface area (Å²) >= 11 is 0. The molecular weight excluding hydrogens is 709 g/mol. The van der Waals surface area contributed by atoms with Crippen molar-refractivity contribution in [3.63, 3.8) is 0 Å². The molecule has 8 rings (SSSR count). The summed E-state index contributed by atoms with van der Waals surface area (Å²) in [5, 5.41) is 25.7. The van der Waals surface area contributed by atoms with Gasteiger partial charge in [-0.3, -0.25) is 4.79 Å². The zero-order chi connectivity index (χ0) is 39.1. The minimum atomic E-state index is -3.00. The van der Waals surface area contributed by atoms with Crippen molar-refractivity contribution < 1.29 is 28.2 Å². The van der Waals surface area contributed by atoms with Crippen LogP contribution in [0.5, 0.6) is 5.88 Å². The number of nitrogens with one attached hydrogen (secondary N) is 1. The molecule has 6 aliphatic carbocycles. The van der Waals surface area contributed by atoms with Crippen LogP contribution in [0.1, 0.15) is 137 Å². The Balaban J connectivity index is 0.978. The molecule has 9 heteroatoms. The van der Waals surface area contributed by atoms with E-state index in [0.29, 0.717) is 61.7 Å². The Morgan fingerprint density at radius 3 is 2.35 bits per heavy atom. The average Bonchev–Trinajstić information content (AvgIpc) is 3.57. The molecule has 5 fully saturated rings. The molecule has 0 bridgehead atoms. The van der Waals surface area contributed by atoms with E-state index in [0.717, 1.165) is 19.4 Å². The number of nitrogens with zero attached hydrogens (tertiary/aromatic N) is 1. The van der Waals surface area contributed by atoms with Crippen LogP contribution in [0.15, 0.2) is 47.7 Å². The number of carboxylic acid groups (broad SMARTS) is 1. The van der Waals surface area contributed by atoms with Crippen molar-refractivity contribution in [1.82, 2.24) is 10.3 Å². The van der Waals surface area contributed by atoms with Crippen molar-refractivity contribution in [2.24, 2.45) is 50.7 Å². The van der Waals surface area contributed by atoms with Crippen LogP contribution in [-0.4, -0.2) is 65.4 Å². The number of carboxylic acids is 1. The third-order valence-corrected chi connectivity index (χ3v) is 20.0. The smallest absolute Gasteiger partial charge is 0.313 e. The summed E-state index contributed by atoms with van der Waals surface area (Å²) in [6.45, 7) is 13.9. The molecule has 4 saturated carbocycles. The van der Waals surface area contributed by atoms with E-state index in [9.17, 15) is 23.4 Å². The molecule has 1 aromatic rings. The lowest BCUT2D eigenvalue weighted by molar-refractivity contribution is -0.218. The van der Waals surface area contributed by atoms with Gasteiger partial charge in [-0.05, 0) is 165 Å². The fraction of sp³-hybridized carbons (Fsp3) is 0.783. The number of hydrogen-bond acceptors (Lipinski definition) is 7. The molecule has 7 aliphatic rings. The molecule has 0 radical (unpaired) electrons. The van der Waals surface area contributed by atoms with E-state index in [1.54, 1.807) is 12.3 Å². The Bertz CT molecular complexity index is 1810. The van der Waals surface area contributed by atoms with Gasteiger partial charge in [0.1, 0.15) is 12.0 Å². The van der Waals surface area contributed by atoms with Crippen molar-refractivity contribution in [3.8, 4) is 5.88 Å². The quantitative estimate of drug-likeness (QED) is 0.228. The number of rotatable bonds is 9.